The summed E-state index contributed by atoms with van der Waals surface area (Å²) in [5, 5.41) is 19.1. The van der Waals surface area contributed by atoms with Gasteiger partial charge in [-0.05, 0) is 6.07 Å². The summed E-state index contributed by atoms with van der Waals surface area (Å²) in [7, 11) is 1.46. The van der Waals surface area contributed by atoms with E-state index in [1.54, 1.807) is 0 Å². The van der Waals surface area contributed by atoms with Crippen LogP contribution in [-0.4, -0.2) is 42.5 Å². The summed E-state index contributed by atoms with van der Waals surface area (Å²) >= 11 is 0. The molecule has 21 heavy (non-hydrogen) atoms. The maximum absolute atomic E-state index is 13.8. The van der Waals surface area contributed by atoms with Crippen molar-refractivity contribution in [2.75, 3.05) is 26.8 Å². The molecule has 1 aromatic rings. The normalized spacial score (nSPS) is 9.95. The van der Waals surface area contributed by atoms with Crippen LogP contribution < -0.4 is 0 Å². The van der Waals surface area contributed by atoms with Gasteiger partial charge in [0.05, 0.1) is 35.7 Å². The van der Waals surface area contributed by atoms with Crippen LogP contribution >= 0.6 is 0 Å². The molecule has 0 aromatic heterocycles. The smallest absolute Gasteiger partial charge is 0.272 e. The molecule has 0 spiro atoms. The van der Waals surface area contributed by atoms with Crippen molar-refractivity contribution >= 4 is 11.6 Å². The molecule has 8 heteroatoms. The zero-order chi connectivity index (χ0) is 15.8. The van der Waals surface area contributed by atoms with Crippen molar-refractivity contribution in [2.24, 2.45) is 0 Å². The zero-order valence-corrected chi connectivity index (χ0v) is 11.4. The molecular weight excluding hydrogens is 281 g/mol. The number of carbonyl (C=O) groups is 1. The quantitative estimate of drug-likeness (QED) is 0.563. The average molecular weight is 295 g/mol. The lowest BCUT2D eigenvalue weighted by Gasteiger charge is -2.21. The molecule has 0 heterocycles. The molecule has 1 rings (SSSR count). The minimum atomic E-state index is -0.964. The van der Waals surface area contributed by atoms with E-state index in [0.29, 0.717) is 6.07 Å². The molecule has 1 aromatic carbocycles. The van der Waals surface area contributed by atoms with Crippen LogP contribution in [0.2, 0.25) is 0 Å². The van der Waals surface area contributed by atoms with Crippen LogP contribution in [0.25, 0.3) is 0 Å². The van der Waals surface area contributed by atoms with Crippen molar-refractivity contribution in [3.05, 3.63) is 39.7 Å². The molecule has 0 unspecified atom stereocenters. The van der Waals surface area contributed by atoms with Crippen molar-refractivity contribution < 1.29 is 18.8 Å². The van der Waals surface area contributed by atoms with Gasteiger partial charge in [-0.25, -0.2) is 4.39 Å². The fraction of sp³-hybridized carbons (Fsp3) is 0.385. The molecule has 0 atom stereocenters. The lowest BCUT2D eigenvalue weighted by atomic mass is 10.1. The average Bonchev–Trinajstić information content (AvgIpc) is 2.46. The van der Waals surface area contributed by atoms with Crippen LogP contribution in [0.4, 0.5) is 10.1 Å². The standard InChI is InChI=1S/C13H14FN3O4/c1-21-8-7-16(6-2-5-15)13(18)11-4-3-10(17(19)20)9-12(11)14/h3-4,9H,2,6-8H2,1H3. The second-order valence-electron chi connectivity index (χ2n) is 4.11. The number of halogens is 1. The lowest BCUT2D eigenvalue weighted by molar-refractivity contribution is -0.385. The minimum Gasteiger partial charge on any atom is -0.383 e. The Hall–Kier alpha value is -2.53. The summed E-state index contributed by atoms with van der Waals surface area (Å²) in [5.41, 5.74) is -0.695. The number of nitriles is 1. The third-order valence-electron chi connectivity index (χ3n) is 2.74. The van der Waals surface area contributed by atoms with E-state index in [9.17, 15) is 19.3 Å². The van der Waals surface area contributed by atoms with Crippen molar-refractivity contribution in [2.45, 2.75) is 6.42 Å². The number of ether oxygens (including phenoxy) is 1. The Kier molecular flexibility index (Phi) is 6.23. The number of nitro groups is 1. The summed E-state index contributed by atoms with van der Waals surface area (Å²) < 4.78 is 18.7. The first kappa shape index (κ1) is 16.5. The minimum absolute atomic E-state index is 0.101. The molecule has 1 amide bonds. The van der Waals surface area contributed by atoms with Crippen molar-refractivity contribution in [1.29, 1.82) is 5.26 Å². The van der Waals surface area contributed by atoms with Gasteiger partial charge in [0, 0.05) is 26.3 Å². The maximum Gasteiger partial charge on any atom is 0.272 e. The summed E-state index contributed by atoms with van der Waals surface area (Å²) in [6.45, 7) is 0.578. The highest BCUT2D eigenvalue weighted by Crippen LogP contribution is 2.18. The van der Waals surface area contributed by atoms with E-state index in [1.807, 2.05) is 6.07 Å². The third kappa shape index (κ3) is 4.50. The van der Waals surface area contributed by atoms with Crippen molar-refractivity contribution in [1.82, 2.24) is 4.90 Å². The first-order chi connectivity index (χ1) is 10.0. The Balaban J connectivity index is 2.97. The number of methoxy groups -OCH3 is 1. The van der Waals surface area contributed by atoms with E-state index in [2.05, 4.69) is 0 Å². The molecule has 0 saturated heterocycles. The molecule has 0 aliphatic heterocycles. The molecule has 0 aliphatic carbocycles. The van der Waals surface area contributed by atoms with Gasteiger partial charge < -0.3 is 9.64 Å². The number of nitrogens with zero attached hydrogens (tertiary/aromatic N) is 3. The van der Waals surface area contributed by atoms with Gasteiger partial charge in [0.1, 0.15) is 5.82 Å². The Morgan fingerprint density at radius 2 is 2.24 bits per heavy atom. The van der Waals surface area contributed by atoms with Crippen LogP contribution in [0.3, 0.4) is 0 Å². The predicted molar refractivity (Wildman–Crippen MR) is 71.1 cm³/mol. The number of benzene rings is 1. The van der Waals surface area contributed by atoms with E-state index in [1.165, 1.54) is 12.0 Å². The Bertz CT molecular complexity index is 571. The third-order valence-corrected chi connectivity index (χ3v) is 2.74. The molecule has 0 radical (unpaired) electrons. The molecule has 7 nitrogen and oxygen atoms in total. The van der Waals surface area contributed by atoms with Gasteiger partial charge in [-0.1, -0.05) is 0 Å². The van der Waals surface area contributed by atoms with Crippen LogP contribution in [0, 0.1) is 27.3 Å². The molecule has 0 saturated carbocycles. The topological polar surface area (TPSA) is 96.5 Å². The maximum atomic E-state index is 13.8. The van der Waals surface area contributed by atoms with E-state index in [-0.39, 0.29) is 31.7 Å². The summed E-state index contributed by atoms with van der Waals surface area (Å²) in [6, 6.07) is 4.74. The van der Waals surface area contributed by atoms with Crippen LogP contribution in [0.5, 0.6) is 0 Å². The Morgan fingerprint density at radius 3 is 2.76 bits per heavy atom. The summed E-state index contributed by atoms with van der Waals surface area (Å²) in [4.78, 5) is 23.3. The first-order valence-corrected chi connectivity index (χ1v) is 6.10. The first-order valence-electron chi connectivity index (χ1n) is 6.10. The number of non-ortho nitro benzene ring substituents is 1. The molecule has 0 N–H and O–H groups in total. The number of hydrogen-bond acceptors (Lipinski definition) is 5. The Morgan fingerprint density at radius 1 is 1.52 bits per heavy atom. The predicted octanol–water partition coefficient (Wildman–Crippen LogP) is 1.74. The van der Waals surface area contributed by atoms with Crippen molar-refractivity contribution in [3.63, 3.8) is 0 Å². The SMILES string of the molecule is COCCN(CCC#N)C(=O)c1ccc([N+](=O)[O-])cc1F. The largest absolute Gasteiger partial charge is 0.383 e. The zero-order valence-electron chi connectivity index (χ0n) is 11.4. The summed E-state index contributed by atoms with van der Waals surface area (Å²) in [5.74, 6) is -1.59. The number of rotatable bonds is 7. The fourth-order valence-corrected chi connectivity index (χ4v) is 1.66. The van der Waals surface area contributed by atoms with Crippen molar-refractivity contribution in [3.8, 4) is 6.07 Å². The van der Waals surface area contributed by atoms with Gasteiger partial charge in [-0.15, -0.1) is 0 Å². The fourth-order valence-electron chi connectivity index (χ4n) is 1.66. The monoisotopic (exact) mass is 295 g/mol. The van der Waals surface area contributed by atoms with Gasteiger partial charge >= 0.3 is 0 Å². The molecular formula is C13H14FN3O4. The van der Waals surface area contributed by atoms with E-state index >= 15 is 0 Å². The van der Waals surface area contributed by atoms with Gasteiger partial charge in [-0.2, -0.15) is 5.26 Å². The number of hydrogen-bond donors (Lipinski definition) is 0. The molecule has 0 bridgehead atoms. The molecule has 0 fully saturated rings. The van der Waals surface area contributed by atoms with E-state index < -0.39 is 22.3 Å². The van der Waals surface area contributed by atoms with Gasteiger partial charge in [0.2, 0.25) is 0 Å². The van der Waals surface area contributed by atoms with Gasteiger partial charge in [0.15, 0.2) is 0 Å². The van der Waals surface area contributed by atoms with Gasteiger partial charge in [0.25, 0.3) is 11.6 Å². The number of nitro benzene ring substituents is 1. The lowest BCUT2D eigenvalue weighted by Crippen LogP contribution is -2.35. The highest BCUT2D eigenvalue weighted by Gasteiger charge is 2.21. The highest BCUT2D eigenvalue weighted by molar-refractivity contribution is 5.94. The van der Waals surface area contributed by atoms with E-state index in [0.717, 1.165) is 12.1 Å². The number of carbonyl (C=O) groups excluding carboxylic acids is 1. The van der Waals surface area contributed by atoms with Crippen LogP contribution in [0.1, 0.15) is 16.8 Å². The van der Waals surface area contributed by atoms with Gasteiger partial charge in [-0.3, -0.25) is 14.9 Å². The Labute approximate surface area is 120 Å². The molecule has 0 aliphatic rings. The number of amides is 1. The van der Waals surface area contributed by atoms with Crippen LogP contribution in [-0.2, 0) is 4.74 Å². The second-order valence-corrected chi connectivity index (χ2v) is 4.11. The highest BCUT2D eigenvalue weighted by atomic mass is 19.1. The second kappa shape index (κ2) is 7.91. The van der Waals surface area contributed by atoms with E-state index in [4.69, 9.17) is 10.00 Å². The summed E-state index contributed by atoms with van der Waals surface area (Å²) in [6.07, 6.45) is 0.101. The molecule has 112 valence electrons. The van der Waals surface area contributed by atoms with Crippen LogP contribution in [0.15, 0.2) is 18.2 Å².